The second-order valence-electron chi connectivity index (χ2n) is 7.96. The molecule has 0 aromatic carbocycles. The highest BCUT2D eigenvalue weighted by Crippen LogP contribution is 2.51. The van der Waals surface area contributed by atoms with Crippen molar-refractivity contribution >= 4 is 32.7 Å². The fraction of sp³-hybridized carbons (Fsp3) is 0.875. The van der Waals surface area contributed by atoms with Crippen LogP contribution in [0.3, 0.4) is 0 Å². The Hall–Kier alpha value is -0.560. The summed E-state index contributed by atoms with van der Waals surface area (Å²) in [5.74, 6) is 2.11. The lowest BCUT2D eigenvalue weighted by Gasteiger charge is -2.36. The predicted octanol–water partition coefficient (Wildman–Crippen LogP) is 1.68. The number of sulfone groups is 1. The lowest BCUT2D eigenvalue weighted by Crippen LogP contribution is -2.47. The predicted molar refractivity (Wildman–Crippen MR) is 90.1 cm³/mol. The first kappa shape index (κ1) is 14.8. The topological polar surface area (TPSA) is 66.8 Å². The molecule has 2 heterocycles. The van der Waals surface area contributed by atoms with Gasteiger partial charge in [-0.15, -0.1) is 0 Å². The monoisotopic (exact) mass is 354 g/mol. The maximum Gasteiger partial charge on any atom is 0.251 e. The van der Waals surface area contributed by atoms with Gasteiger partial charge in [-0.1, -0.05) is 18.2 Å². The molecule has 5 nitrogen and oxygen atoms in total. The van der Waals surface area contributed by atoms with Crippen molar-refractivity contribution < 1.29 is 13.2 Å². The molecule has 126 valence electrons. The number of fused-ring (bicyclic) bond motifs is 3. The number of hydrogen-bond acceptors (Lipinski definition) is 4. The van der Waals surface area contributed by atoms with E-state index in [0.717, 1.165) is 30.3 Å². The number of amides is 1. The number of thioether (sulfide) groups is 1. The number of nitrogens with zero attached hydrogens (tertiary/aromatic N) is 2. The third-order valence-electron chi connectivity index (χ3n) is 6.30. The summed E-state index contributed by atoms with van der Waals surface area (Å²) in [6.45, 7) is 0. The number of hydrogen-bond donors (Lipinski definition) is 0. The summed E-state index contributed by atoms with van der Waals surface area (Å²) in [6, 6.07) is 0.454. The van der Waals surface area contributed by atoms with E-state index in [2.05, 4.69) is 9.89 Å². The minimum atomic E-state index is -2.94. The average Bonchev–Trinajstić information content (AvgIpc) is 2.86. The van der Waals surface area contributed by atoms with Crippen LogP contribution in [0.2, 0.25) is 0 Å². The van der Waals surface area contributed by atoms with Crippen LogP contribution in [0.1, 0.15) is 38.5 Å². The van der Waals surface area contributed by atoms with Crippen molar-refractivity contribution in [2.24, 2.45) is 22.7 Å². The third-order valence-corrected chi connectivity index (χ3v) is 9.52. The summed E-state index contributed by atoms with van der Waals surface area (Å²) in [4.78, 5) is 18.9. The van der Waals surface area contributed by atoms with Gasteiger partial charge in [-0.25, -0.2) is 8.42 Å². The molecule has 3 aliphatic carbocycles. The molecule has 0 aromatic rings. The Bertz CT molecular complexity index is 685. The van der Waals surface area contributed by atoms with Gasteiger partial charge < -0.3 is 4.90 Å². The molecule has 0 spiro atoms. The molecule has 0 N–H and O–H groups in total. The summed E-state index contributed by atoms with van der Waals surface area (Å²) in [7, 11) is -2.94. The van der Waals surface area contributed by atoms with Gasteiger partial charge in [-0.2, -0.15) is 4.99 Å². The normalized spacial score (nSPS) is 45.8. The van der Waals surface area contributed by atoms with Gasteiger partial charge in [0.15, 0.2) is 15.0 Å². The molecule has 2 saturated heterocycles. The Balaban J connectivity index is 1.47. The lowest BCUT2D eigenvalue weighted by molar-refractivity contribution is -0.118. The first-order valence-electron chi connectivity index (χ1n) is 8.78. The molecule has 2 aliphatic heterocycles. The Morgan fingerprint density at radius 3 is 2.57 bits per heavy atom. The first-order valence-corrected chi connectivity index (χ1v) is 11.5. The zero-order valence-corrected chi connectivity index (χ0v) is 14.7. The second kappa shape index (κ2) is 4.97. The van der Waals surface area contributed by atoms with Crippen molar-refractivity contribution in [3.05, 3.63) is 0 Å². The Morgan fingerprint density at radius 2 is 1.91 bits per heavy atom. The van der Waals surface area contributed by atoms with Crippen molar-refractivity contribution in [2.45, 2.75) is 55.9 Å². The van der Waals surface area contributed by atoms with E-state index in [1.807, 2.05) is 0 Å². The minimum absolute atomic E-state index is 0.0171. The molecular formula is C16H22N2O3S2. The Kier molecular flexibility index (Phi) is 3.19. The summed E-state index contributed by atoms with van der Waals surface area (Å²) < 4.78 is 24.1. The van der Waals surface area contributed by atoms with Gasteiger partial charge in [0.25, 0.3) is 5.91 Å². The Morgan fingerprint density at radius 1 is 1.09 bits per heavy atom. The number of aliphatic imine (C=N–C) groups is 1. The molecule has 3 saturated carbocycles. The van der Waals surface area contributed by atoms with E-state index in [9.17, 15) is 13.2 Å². The standard InChI is InChI=1S/C16H22N2O3S2/c19-15(10-3-4-10)17-16-18(12-6-9-1-2-11(12)5-9)13-7-23(20,21)8-14(13)22-16/h9-14H,1-8H2/t9-,11-,12+,13-,14+/m0/s1. The van der Waals surface area contributed by atoms with Crippen molar-refractivity contribution in [3.63, 3.8) is 0 Å². The molecule has 0 aromatic heterocycles. The van der Waals surface area contributed by atoms with Crippen molar-refractivity contribution in [1.29, 1.82) is 0 Å². The van der Waals surface area contributed by atoms with Gasteiger partial charge in [0.2, 0.25) is 0 Å². The largest absolute Gasteiger partial charge is 0.343 e. The van der Waals surface area contributed by atoms with Gasteiger partial charge in [0.05, 0.1) is 17.5 Å². The summed E-state index contributed by atoms with van der Waals surface area (Å²) in [5.41, 5.74) is 0. The smallest absolute Gasteiger partial charge is 0.251 e. The quantitative estimate of drug-likeness (QED) is 0.755. The SMILES string of the molecule is O=C(N=C1S[C@@H]2CS(=O)(=O)C[C@@H]2N1[C@@H]1C[C@H]2CC[C@H]1C2)C1CC1. The molecule has 0 unspecified atom stereocenters. The maximum atomic E-state index is 12.2. The van der Waals surface area contributed by atoms with Crippen LogP contribution in [-0.4, -0.2) is 53.2 Å². The highest BCUT2D eigenvalue weighted by atomic mass is 32.2. The van der Waals surface area contributed by atoms with Crippen molar-refractivity contribution in [3.8, 4) is 0 Å². The van der Waals surface area contributed by atoms with Crippen LogP contribution >= 0.6 is 11.8 Å². The van der Waals surface area contributed by atoms with Crippen LogP contribution in [0.4, 0.5) is 0 Å². The zero-order valence-electron chi connectivity index (χ0n) is 13.1. The van der Waals surface area contributed by atoms with Gasteiger partial charge in [-0.05, 0) is 43.9 Å². The van der Waals surface area contributed by atoms with Crippen LogP contribution in [0.25, 0.3) is 0 Å². The van der Waals surface area contributed by atoms with E-state index in [0.29, 0.717) is 12.0 Å². The fourth-order valence-electron chi connectivity index (χ4n) is 5.05. The first-order chi connectivity index (χ1) is 11.0. The van der Waals surface area contributed by atoms with E-state index in [4.69, 9.17) is 0 Å². The number of rotatable bonds is 2. The van der Waals surface area contributed by atoms with Crippen LogP contribution in [0.5, 0.6) is 0 Å². The van der Waals surface area contributed by atoms with Crippen LogP contribution < -0.4 is 0 Å². The van der Waals surface area contributed by atoms with Crippen LogP contribution in [-0.2, 0) is 14.6 Å². The molecule has 5 rings (SSSR count). The van der Waals surface area contributed by atoms with E-state index in [1.54, 1.807) is 11.8 Å². The Labute approximate surface area is 141 Å². The summed E-state index contributed by atoms with van der Waals surface area (Å²) in [6.07, 6.45) is 6.95. The van der Waals surface area contributed by atoms with E-state index in [1.165, 1.54) is 19.3 Å². The van der Waals surface area contributed by atoms with Gasteiger partial charge >= 0.3 is 0 Å². The lowest BCUT2D eigenvalue weighted by atomic mass is 9.93. The van der Waals surface area contributed by atoms with Gasteiger partial charge in [-0.3, -0.25) is 4.79 Å². The minimum Gasteiger partial charge on any atom is -0.343 e. The van der Waals surface area contributed by atoms with Crippen molar-refractivity contribution in [2.75, 3.05) is 11.5 Å². The van der Waals surface area contributed by atoms with Gasteiger partial charge in [0.1, 0.15) is 0 Å². The third kappa shape index (κ3) is 2.46. The second-order valence-corrected chi connectivity index (χ2v) is 11.3. The average molecular weight is 354 g/mol. The highest BCUT2D eigenvalue weighted by Gasteiger charge is 2.54. The van der Waals surface area contributed by atoms with Gasteiger partial charge in [0, 0.05) is 17.2 Å². The molecule has 1 amide bonds. The number of carbonyl (C=O) groups excluding carboxylic acids is 1. The molecule has 7 heteroatoms. The van der Waals surface area contributed by atoms with Crippen molar-refractivity contribution in [1.82, 2.24) is 4.90 Å². The number of carbonyl (C=O) groups is 1. The maximum absolute atomic E-state index is 12.2. The van der Waals surface area contributed by atoms with E-state index < -0.39 is 9.84 Å². The molecule has 5 aliphatic rings. The molecule has 5 fully saturated rings. The molecular weight excluding hydrogens is 332 g/mol. The van der Waals surface area contributed by atoms with Crippen LogP contribution in [0, 0.1) is 17.8 Å². The summed E-state index contributed by atoms with van der Waals surface area (Å²) >= 11 is 1.56. The molecule has 0 radical (unpaired) electrons. The molecule has 2 bridgehead atoms. The van der Waals surface area contributed by atoms with E-state index >= 15 is 0 Å². The fourth-order valence-corrected chi connectivity index (χ4v) is 9.02. The zero-order chi connectivity index (χ0) is 15.8. The number of amidine groups is 1. The van der Waals surface area contributed by atoms with Crippen LogP contribution in [0.15, 0.2) is 4.99 Å². The molecule has 5 atom stereocenters. The van der Waals surface area contributed by atoms with E-state index in [-0.39, 0.29) is 34.6 Å². The molecule has 23 heavy (non-hydrogen) atoms. The summed E-state index contributed by atoms with van der Waals surface area (Å²) in [5, 5.41) is 0.911. The highest BCUT2D eigenvalue weighted by molar-refractivity contribution is 8.15.